The maximum absolute atomic E-state index is 4.51. The van der Waals surface area contributed by atoms with Gasteiger partial charge in [0.05, 0.1) is 0 Å². The van der Waals surface area contributed by atoms with Crippen molar-refractivity contribution in [1.29, 1.82) is 0 Å². The molecule has 136 valence electrons. The molecule has 1 N–H and O–H groups in total. The summed E-state index contributed by atoms with van der Waals surface area (Å²) in [7, 11) is 1.92. The van der Waals surface area contributed by atoms with E-state index in [0.29, 0.717) is 0 Å². The second kappa shape index (κ2) is 10.7. The highest BCUT2D eigenvalue weighted by Crippen LogP contribution is 2.22. The van der Waals surface area contributed by atoms with Crippen LogP contribution in [0.3, 0.4) is 0 Å². The Balaban J connectivity index is 0.00000264. The minimum atomic E-state index is 0. The normalized spacial score (nSPS) is 27.7. The van der Waals surface area contributed by atoms with Gasteiger partial charge in [-0.25, -0.2) is 0 Å². The molecule has 2 heterocycles. The van der Waals surface area contributed by atoms with Crippen molar-refractivity contribution >= 4 is 29.9 Å². The lowest BCUT2D eigenvalue weighted by molar-refractivity contribution is 0.186. The minimum Gasteiger partial charge on any atom is -0.356 e. The van der Waals surface area contributed by atoms with Gasteiger partial charge < -0.3 is 15.1 Å². The fourth-order valence-electron chi connectivity index (χ4n) is 4.15. The van der Waals surface area contributed by atoms with Gasteiger partial charge in [0.2, 0.25) is 0 Å². The number of likely N-dealkylation sites (tertiary alicyclic amines) is 2. The molecule has 2 rings (SSSR count). The van der Waals surface area contributed by atoms with Crippen LogP contribution in [0.15, 0.2) is 4.99 Å². The fraction of sp³-hybridized carbons (Fsp3) is 0.944. The van der Waals surface area contributed by atoms with E-state index in [1.165, 1.54) is 45.3 Å². The molecular formula is C18H37IN4. The van der Waals surface area contributed by atoms with Crippen molar-refractivity contribution in [2.75, 3.05) is 46.3 Å². The number of hydrogen-bond acceptors (Lipinski definition) is 2. The number of nitrogens with one attached hydrogen (secondary N) is 1. The molecule has 0 aromatic heterocycles. The lowest BCUT2D eigenvalue weighted by atomic mass is 9.92. The van der Waals surface area contributed by atoms with Crippen LogP contribution in [-0.4, -0.2) is 62.1 Å². The van der Waals surface area contributed by atoms with E-state index in [4.69, 9.17) is 0 Å². The average molecular weight is 436 g/mol. The third-order valence-corrected chi connectivity index (χ3v) is 5.37. The van der Waals surface area contributed by atoms with Crippen LogP contribution < -0.4 is 5.32 Å². The summed E-state index contributed by atoms with van der Waals surface area (Å²) in [6.07, 6.45) is 5.37. The molecule has 0 aromatic carbocycles. The summed E-state index contributed by atoms with van der Waals surface area (Å²) in [5.74, 6) is 3.57. The van der Waals surface area contributed by atoms with Gasteiger partial charge in [-0.3, -0.25) is 4.99 Å². The van der Waals surface area contributed by atoms with E-state index in [2.05, 4.69) is 40.9 Å². The van der Waals surface area contributed by atoms with Crippen molar-refractivity contribution < 1.29 is 0 Å². The molecule has 2 fully saturated rings. The molecule has 2 unspecified atom stereocenters. The smallest absolute Gasteiger partial charge is 0.193 e. The van der Waals surface area contributed by atoms with Crippen molar-refractivity contribution in [2.24, 2.45) is 22.7 Å². The highest BCUT2D eigenvalue weighted by atomic mass is 127. The Labute approximate surface area is 160 Å². The van der Waals surface area contributed by atoms with E-state index in [0.717, 1.165) is 43.3 Å². The van der Waals surface area contributed by atoms with Crippen LogP contribution in [0.2, 0.25) is 0 Å². The fourth-order valence-corrected chi connectivity index (χ4v) is 4.15. The first kappa shape index (κ1) is 21.0. The van der Waals surface area contributed by atoms with Crippen LogP contribution >= 0.6 is 24.0 Å². The van der Waals surface area contributed by atoms with Gasteiger partial charge in [0.15, 0.2) is 5.96 Å². The third kappa shape index (κ3) is 6.77. The van der Waals surface area contributed by atoms with Gasteiger partial charge in [-0.05, 0) is 63.1 Å². The Morgan fingerprint density at radius 2 is 1.74 bits per heavy atom. The second-order valence-corrected chi connectivity index (χ2v) is 7.49. The van der Waals surface area contributed by atoms with Gasteiger partial charge in [0, 0.05) is 26.7 Å². The molecule has 0 radical (unpaired) electrons. The summed E-state index contributed by atoms with van der Waals surface area (Å²) < 4.78 is 0. The second-order valence-electron chi connectivity index (χ2n) is 7.49. The Morgan fingerprint density at radius 3 is 2.26 bits per heavy atom. The SMILES string of the molecule is CCN1CCC(CCNC(=NC)N2CC(C)CC(C)C2)CC1.I. The van der Waals surface area contributed by atoms with Crippen LogP contribution in [0.5, 0.6) is 0 Å². The summed E-state index contributed by atoms with van der Waals surface area (Å²) in [5, 5.41) is 3.62. The van der Waals surface area contributed by atoms with Crippen molar-refractivity contribution in [2.45, 2.75) is 46.5 Å². The Morgan fingerprint density at radius 1 is 1.13 bits per heavy atom. The third-order valence-electron chi connectivity index (χ3n) is 5.37. The maximum Gasteiger partial charge on any atom is 0.193 e. The standard InChI is InChI=1S/C18H36N4.HI/c1-5-21-10-7-17(8-11-21)6-9-20-18(19-4)22-13-15(2)12-16(3)14-22;/h15-17H,5-14H2,1-4H3,(H,19,20);1H. The molecule has 2 saturated heterocycles. The summed E-state index contributed by atoms with van der Waals surface area (Å²) in [4.78, 5) is 9.54. The minimum absolute atomic E-state index is 0. The van der Waals surface area contributed by atoms with Gasteiger partial charge in [0.25, 0.3) is 0 Å². The van der Waals surface area contributed by atoms with Crippen molar-refractivity contribution in [1.82, 2.24) is 15.1 Å². The predicted octanol–water partition coefficient (Wildman–Crippen LogP) is 3.28. The molecule has 2 aliphatic rings. The molecule has 0 bridgehead atoms. The van der Waals surface area contributed by atoms with Crippen LogP contribution in [0, 0.1) is 17.8 Å². The van der Waals surface area contributed by atoms with E-state index in [-0.39, 0.29) is 24.0 Å². The van der Waals surface area contributed by atoms with E-state index in [1.54, 1.807) is 0 Å². The first-order chi connectivity index (χ1) is 10.6. The van der Waals surface area contributed by atoms with Crippen LogP contribution in [0.25, 0.3) is 0 Å². The first-order valence-corrected chi connectivity index (χ1v) is 9.30. The number of aliphatic imine (C=N–C) groups is 1. The van der Waals surface area contributed by atoms with Crippen LogP contribution in [0.4, 0.5) is 0 Å². The molecule has 5 heteroatoms. The Kier molecular flexibility index (Phi) is 9.82. The number of halogens is 1. The molecule has 23 heavy (non-hydrogen) atoms. The lowest BCUT2D eigenvalue weighted by Gasteiger charge is -2.37. The molecule has 0 aromatic rings. The molecule has 2 atom stereocenters. The first-order valence-electron chi connectivity index (χ1n) is 9.30. The van der Waals surface area contributed by atoms with Crippen LogP contribution in [0.1, 0.15) is 46.5 Å². The van der Waals surface area contributed by atoms with E-state index in [9.17, 15) is 0 Å². The zero-order valence-electron chi connectivity index (χ0n) is 15.6. The number of piperidine rings is 2. The lowest BCUT2D eigenvalue weighted by Crippen LogP contribution is -2.48. The molecular weight excluding hydrogens is 399 g/mol. The topological polar surface area (TPSA) is 30.9 Å². The predicted molar refractivity (Wildman–Crippen MR) is 111 cm³/mol. The van der Waals surface area contributed by atoms with Crippen molar-refractivity contribution in [3.8, 4) is 0 Å². The highest BCUT2D eigenvalue weighted by molar-refractivity contribution is 14.0. The molecule has 0 amide bonds. The average Bonchev–Trinajstić information content (AvgIpc) is 2.51. The number of guanidine groups is 1. The van der Waals surface area contributed by atoms with E-state index >= 15 is 0 Å². The summed E-state index contributed by atoms with van der Waals surface area (Å²) >= 11 is 0. The molecule has 0 aliphatic carbocycles. The van der Waals surface area contributed by atoms with Crippen molar-refractivity contribution in [3.05, 3.63) is 0 Å². The van der Waals surface area contributed by atoms with Crippen LogP contribution in [-0.2, 0) is 0 Å². The summed E-state index contributed by atoms with van der Waals surface area (Å²) in [6, 6.07) is 0. The monoisotopic (exact) mass is 436 g/mol. The summed E-state index contributed by atoms with van der Waals surface area (Å²) in [5.41, 5.74) is 0. The summed E-state index contributed by atoms with van der Waals surface area (Å²) in [6.45, 7) is 14.2. The Bertz CT molecular complexity index is 343. The van der Waals surface area contributed by atoms with E-state index < -0.39 is 0 Å². The van der Waals surface area contributed by atoms with Gasteiger partial charge in [-0.2, -0.15) is 0 Å². The largest absolute Gasteiger partial charge is 0.356 e. The van der Waals surface area contributed by atoms with Crippen molar-refractivity contribution in [3.63, 3.8) is 0 Å². The number of rotatable bonds is 4. The molecule has 2 aliphatic heterocycles. The quantitative estimate of drug-likeness (QED) is 0.417. The van der Waals surface area contributed by atoms with Gasteiger partial charge in [-0.15, -0.1) is 24.0 Å². The zero-order chi connectivity index (χ0) is 15.9. The molecule has 0 spiro atoms. The zero-order valence-corrected chi connectivity index (χ0v) is 17.9. The maximum atomic E-state index is 4.51. The van der Waals surface area contributed by atoms with Gasteiger partial charge in [0.1, 0.15) is 0 Å². The molecule has 0 saturated carbocycles. The molecule has 4 nitrogen and oxygen atoms in total. The van der Waals surface area contributed by atoms with Gasteiger partial charge >= 0.3 is 0 Å². The number of nitrogens with zero attached hydrogens (tertiary/aromatic N) is 3. The highest BCUT2D eigenvalue weighted by Gasteiger charge is 2.24. The van der Waals surface area contributed by atoms with Gasteiger partial charge in [-0.1, -0.05) is 20.8 Å². The number of hydrogen-bond donors (Lipinski definition) is 1. The van der Waals surface area contributed by atoms with E-state index in [1.807, 2.05) is 7.05 Å². The Hall–Kier alpha value is -0.0400.